The van der Waals surface area contributed by atoms with E-state index in [1.807, 2.05) is 19.9 Å². The highest BCUT2D eigenvalue weighted by molar-refractivity contribution is 6.31. The summed E-state index contributed by atoms with van der Waals surface area (Å²) in [5.74, 6) is -0.360. The molecule has 0 fully saturated rings. The minimum atomic E-state index is -0.512. The molecule has 1 unspecified atom stereocenters. The molecule has 0 saturated heterocycles. The van der Waals surface area contributed by atoms with E-state index in [4.69, 9.17) is 17.3 Å². The number of halogens is 2. The maximum absolute atomic E-state index is 13.3. The van der Waals surface area contributed by atoms with E-state index < -0.39 is 6.04 Å². The lowest BCUT2D eigenvalue weighted by Gasteiger charge is -2.16. The highest BCUT2D eigenvalue weighted by atomic mass is 35.5. The van der Waals surface area contributed by atoms with Crippen molar-refractivity contribution in [2.24, 2.45) is 5.73 Å². The SMILES string of the molecule is Cc1cc(C(N)c2cc(F)ccc2Cl)c(C)nn1. The summed E-state index contributed by atoms with van der Waals surface area (Å²) in [6.07, 6.45) is 0. The Balaban J connectivity index is 2.50. The summed E-state index contributed by atoms with van der Waals surface area (Å²) in [6.45, 7) is 3.64. The summed E-state index contributed by atoms with van der Waals surface area (Å²) in [6, 6.07) is 5.49. The van der Waals surface area contributed by atoms with Crippen molar-refractivity contribution in [3.63, 3.8) is 0 Å². The van der Waals surface area contributed by atoms with Gasteiger partial charge in [0.2, 0.25) is 0 Å². The third-order valence-electron chi connectivity index (χ3n) is 2.77. The van der Waals surface area contributed by atoms with Crippen LogP contribution in [-0.4, -0.2) is 10.2 Å². The summed E-state index contributed by atoms with van der Waals surface area (Å²) in [5.41, 5.74) is 8.96. The standard InChI is InChI=1S/C13H13ClFN3/c1-7-5-10(8(2)18-17-7)13(16)11-6-9(15)3-4-12(11)14/h3-6,13H,16H2,1-2H3. The average molecular weight is 266 g/mol. The Morgan fingerprint density at radius 1 is 1.17 bits per heavy atom. The molecule has 2 rings (SSSR count). The third kappa shape index (κ3) is 2.49. The minimum Gasteiger partial charge on any atom is -0.320 e. The number of aromatic nitrogens is 2. The van der Waals surface area contributed by atoms with E-state index in [-0.39, 0.29) is 5.82 Å². The lowest BCUT2D eigenvalue weighted by Crippen LogP contribution is -2.15. The zero-order valence-corrected chi connectivity index (χ0v) is 10.9. The lowest BCUT2D eigenvalue weighted by atomic mass is 9.98. The Morgan fingerprint density at radius 3 is 2.61 bits per heavy atom. The molecule has 0 spiro atoms. The van der Waals surface area contributed by atoms with Gasteiger partial charge in [-0.1, -0.05) is 11.6 Å². The molecular formula is C13H13ClFN3. The highest BCUT2D eigenvalue weighted by Crippen LogP contribution is 2.28. The van der Waals surface area contributed by atoms with Crippen LogP contribution in [-0.2, 0) is 0 Å². The fourth-order valence-electron chi connectivity index (χ4n) is 1.81. The van der Waals surface area contributed by atoms with E-state index in [0.29, 0.717) is 16.3 Å². The number of nitrogens with two attached hydrogens (primary N) is 1. The predicted octanol–water partition coefficient (Wildman–Crippen LogP) is 2.93. The average Bonchev–Trinajstić information content (AvgIpc) is 2.34. The first kappa shape index (κ1) is 12.9. The molecule has 0 aliphatic carbocycles. The fraction of sp³-hybridized carbons (Fsp3) is 0.231. The molecule has 1 aromatic heterocycles. The number of aryl methyl sites for hydroxylation is 2. The molecule has 1 atom stereocenters. The second kappa shape index (κ2) is 5.00. The molecule has 0 aliphatic rings. The van der Waals surface area contributed by atoms with Gasteiger partial charge < -0.3 is 5.73 Å². The van der Waals surface area contributed by atoms with E-state index in [0.717, 1.165) is 11.3 Å². The van der Waals surface area contributed by atoms with Gasteiger partial charge in [0, 0.05) is 5.02 Å². The molecule has 2 aromatic rings. The Hall–Kier alpha value is -1.52. The quantitative estimate of drug-likeness (QED) is 0.908. The summed E-state index contributed by atoms with van der Waals surface area (Å²) in [7, 11) is 0. The van der Waals surface area contributed by atoms with Crippen LogP contribution in [0.15, 0.2) is 24.3 Å². The Bertz CT molecular complexity index is 535. The maximum Gasteiger partial charge on any atom is 0.123 e. The lowest BCUT2D eigenvalue weighted by molar-refractivity contribution is 0.623. The number of rotatable bonds is 2. The molecule has 0 radical (unpaired) electrons. The van der Waals surface area contributed by atoms with Crippen molar-refractivity contribution < 1.29 is 4.39 Å². The van der Waals surface area contributed by atoms with E-state index in [1.165, 1.54) is 18.2 Å². The molecule has 18 heavy (non-hydrogen) atoms. The first-order chi connectivity index (χ1) is 8.49. The largest absolute Gasteiger partial charge is 0.320 e. The molecule has 1 aromatic carbocycles. The smallest absolute Gasteiger partial charge is 0.123 e. The molecule has 94 valence electrons. The van der Waals surface area contributed by atoms with Gasteiger partial charge in [0.05, 0.1) is 17.4 Å². The number of hydrogen-bond donors (Lipinski definition) is 1. The van der Waals surface area contributed by atoms with Crippen molar-refractivity contribution in [3.05, 3.63) is 57.6 Å². The van der Waals surface area contributed by atoms with Crippen LogP contribution in [0.5, 0.6) is 0 Å². The Kier molecular flexibility index (Phi) is 3.59. The van der Waals surface area contributed by atoms with Gasteiger partial charge in [0.25, 0.3) is 0 Å². The zero-order valence-electron chi connectivity index (χ0n) is 10.1. The van der Waals surface area contributed by atoms with Crippen molar-refractivity contribution >= 4 is 11.6 Å². The van der Waals surface area contributed by atoms with Crippen LogP contribution < -0.4 is 5.73 Å². The zero-order chi connectivity index (χ0) is 13.3. The van der Waals surface area contributed by atoms with Gasteiger partial charge in [-0.05, 0) is 49.2 Å². The first-order valence-electron chi connectivity index (χ1n) is 5.50. The molecule has 1 heterocycles. The minimum absolute atomic E-state index is 0.360. The number of benzene rings is 1. The van der Waals surface area contributed by atoms with Crippen LogP contribution in [0.2, 0.25) is 5.02 Å². The van der Waals surface area contributed by atoms with Crippen LogP contribution >= 0.6 is 11.6 Å². The molecule has 0 amide bonds. The van der Waals surface area contributed by atoms with Crippen molar-refractivity contribution in [1.29, 1.82) is 0 Å². The molecular weight excluding hydrogens is 253 g/mol. The number of nitrogens with zero attached hydrogens (tertiary/aromatic N) is 2. The normalized spacial score (nSPS) is 12.5. The van der Waals surface area contributed by atoms with Crippen molar-refractivity contribution in [2.45, 2.75) is 19.9 Å². The number of hydrogen-bond acceptors (Lipinski definition) is 3. The van der Waals surface area contributed by atoms with Crippen LogP contribution in [0.1, 0.15) is 28.6 Å². The van der Waals surface area contributed by atoms with Crippen LogP contribution in [0.3, 0.4) is 0 Å². The molecule has 0 saturated carbocycles. The van der Waals surface area contributed by atoms with Crippen molar-refractivity contribution in [1.82, 2.24) is 10.2 Å². The summed E-state index contributed by atoms with van der Waals surface area (Å²) < 4.78 is 13.3. The van der Waals surface area contributed by atoms with Gasteiger partial charge in [-0.25, -0.2) is 4.39 Å². The van der Waals surface area contributed by atoms with Gasteiger partial charge in [0.15, 0.2) is 0 Å². The monoisotopic (exact) mass is 265 g/mol. The van der Waals surface area contributed by atoms with Crippen molar-refractivity contribution in [3.8, 4) is 0 Å². The molecule has 5 heteroatoms. The molecule has 0 aliphatic heterocycles. The summed E-state index contributed by atoms with van der Waals surface area (Å²) >= 11 is 6.05. The van der Waals surface area contributed by atoms with Gasteiger partial charge in [-0.15, -0.1) is 0 Å². The van der Waals surface area contributed by atoms with E-state index in [1.54, 1.807) is 0 Å². The van der Waals surface area contributed by atoms with Crippen LogP contribution in [0.4, 0.5) is 4.39 Å². The second-order valence-corrected chi connectivity index (χ2v) is 4.58. The van der Waals surface area contributed by atoms with Crippen molar-refractivity contribution in [2.75, 3.05) is 0 Å². The second-order valence-electron chi connectivity index (χ2n) is 4.17. The third-order valence-corrected chi connectivity index (χ3v) is 3.11. The molecule has 2 N–H and O–H groups in total. The Labute approximate surface area is 110 Å². The van der Waals surface area contributed by atoms with E-state index in [2.05, 4.69) is 10.2 Å². The first-order valence-corrected chi connectivity index (χ1v) is 5.88. The fourth-order valence-corrected chi connectivity index (χ4v) is 2.04. The molecule has 3 nitrogen and oxygen atoms in total. The maximum atomic E-state index is 13.3. The van der Waals surface area contributed by atoms with E-state index in [9.17, 15) is 4.39 Å². The van der Waals surface area contributed by atoms with Crippen LogP contribution in [0.25, 0.3) is 0 Å². The van der Waals surface area contributed by atoms with Gasteiger partial charge in [-0.3, -0.25) is 0 Å². The summed E-state index contributed by atoms with van der Waals surface area (Å²) in [5, 5.41) is 8.40. The molecule has 0 bridgehead atoms. The Morgan fingerprint density at radius 2 is 1.89 bits per heavy atom. The van der Waals surface area contributed by atoms with Gasteiger partial charge in [0.1, 0.15) is 5.82 Å². The van der Waals surface area contributed by atoms with E-state index >= 15 is 0 Å². The summed E-state index contributed by atoms with van der Waals surface area (Å²) in [4.78, 5) is 0. The van der Waals surface area contributed by atoms with Crippen LogP contribution in [0, 0.1) is 19.7 Å². The highest BCUT2D eigenvalue weighted by Gasteiger charge is 2.16. The predicted molar refractivity (Wildman–Crippen MR) is 68.9 cm³/mol. The van der Waals surface area contributed by atoms with Gasteiger partial charge >= 0.3 is 0 Å². The topological polar surface area (TPSA) is 51.8 Å². The van der Waals surface area contributed by atoms with Gasteiger partial charge in [-0.2, -0.15) is 10.2 Å².